The van der Waals surface area contributed by atoms with E-state index in [0.29, 0.717) is 0 Å². The molecule has 5 unspecified atom stereocenters. The first-order valence-corrected chi connectivity index (χ1v) is 13.2. The fraction of sp³-hybridized carbons (Fsp3) is 0.444. The van der Waals surface area contributed by atoms with Gasteiger partial charge >= 0.3 is 0 Å². The van der Waals surface area contributed by atoms with E-state index in [-0.39, 0.29) is 11.1 Å². The van der Waals surface area contributed by atoms with Crippen molar-refractivity contribution in [1.82, 2.24) is 0 Å². The summed E-state index contributed by atoms with van der Waals surface area (Å²) in [6.45, 7) is -1.60. The quantitative estimate of drug-likeness (QED) is 0.116. The lowest BCUT2D eigenvalue weighted by molar-refractivity contribution is -0.277. The molecule has 0 radical (unpaired) electrons. The Morgan fingerprint density at radius 3 is 1.80 bits per heavy atom. The Morgan fingerprint density at radius 2 is 1.25 bits per heavy atom. The summed E-state index contributed by atoms with van der Waals surface area (Å²) >= 11 is 0. The molecule has 44 heavy (non-hydrogen) atoms. The molecule has 0 bridgehead atoms. The summed E-state index contributed by atoms with van der Waals surface area (Å²) in [5.74, 6) is -3.37. The van der Waals surface area contributed by atoms with Crippen molar-refractivity contribution in [3.8, 4) is 40.1 Å². The van der Waals surface area contributed by atoms with Crippen LogP contribution in [0.4, 0.5) is 0 Å². The summed E-state index contributed by atoms with van der Waals surface area (Å²) in [4.78, 5) is 14.1. The molecule has 0 spiro atoms. The van der Waals surface area contributed by atoms with Crippen molar-refractivity contribution in [2.45, 2.75) is 61.4 Å². The van der Waals surface area contributed by atoms with E-state index in [1.165, 1.54) is 6.07 Å². The predicted octanol–water partition coefficient (Wildman–Crippen LogP) is -3.07. The van der Waals surface area contributed by atoms with Gasteiger partial charge in [-0.1, -0.05) is 0 Å². The summed E-state index contributed by atoms with van der Waals surface area (Å²) < 4.78 is 27.8. The zero-order valence-corrected chi connectivity index (χ0v) is 22.4. The molecule has 17 nitrogen and oxygen atoms in total. The molecule has 2 aliphatic heterocycles. The van der Waals surface area contributed by atoms with Gasteiger partial charge in [0.1, 0.15) is 71.3 Å². The van der Waals surface area contributed by atoms with Gasteiger partial charge in [-0.15, -0.1) is 0 Å². The normalized spacial score (nSPS) is 32.5. The number of fused-ring (bicyclic) bond motifs is 1. The molecule has 5 rings (SSSR count). The van der Waals surface area contributed by atoms with Gasteiger partial charge in [-0.25, -0.2) is 0 Å². The number of rotatable bonds is 7. The number of phenols is 3. The van der Waals surface area contributed by atoms with Crippen molar-refractivity contribution < 1.29 is 79.5 Å². The minimum atomic E-state index is -1.96. The van der Waals surface area contributed by atoms with E-state index in [9.17, 15) is 61.0 Å². The minimum absolute atomic E-state index is 0.0707. The van der Waals surface area contributed by atoms with Crippen LogP contribution in [0.25, 0.3) is 22.3 Å². The van der Waals surface area contributed by atoms with Crippen LogP contribution in [0.5, 0.6) is 28.7 Å². The zero-order valence-electron chi connectivity index (χ0n) is 22.4. The maximum Gasteiger partial charge on any atom is 0.239 e. The van der Waals surface area contributed by atoms with Crippen LogP contribution in [0.3, 0.4) is 0 Å². The highest BCUT2D eigenvalue weighted by Crippen LogP contribution is 2.40. The van der Waals surface area contributed by atoms with Crippen LogP contribution in [0.15, 0.2) is 39.5 Å². The maximum absolute atomic E-state index is 14.1. The molecule has 11 N–H and O–H groups in total. The number of aliphatic hydroxyl groups excluding tert-OH is 8. The van der Waals surface area contributed by atoms with Gasteiger partial charge < -0.3 is 79.5 Å². The van der Waals surface area contributed by atoms with Crippen molar-refractivity contribution in [3.63, 3.8) is 0 Å². The first-order chi connectivity index (χ1) is 20.9. The molecule has 0 amide bonds. The Bertz CT molecular complexity index is 1550. The van der Waals surface area contributed by atoms with Crippen molar-refractivity contribution in [2.24, 2.45) is 0 Å². The van der Waals surface area contributed by atoms with E-state index in [1.54, 1.807) is 0 Å². The number of hydrogen-bond donors (Lipinski definition) is 11. The Balaban J connectivity index is 1.66. The number of aromatic hydroxyl groups is 3. The summed E-state index contributed by atoms with van der Waals surface area (Å²) in [6, 6.07) is 5.19. The molecule has 2 fully saturated rings. The number of benzene rings is 2. The molecule has 10 atom stereocenters. The van der Waals surface area contributed by atoms with Crippen molar-refractivity contribution in [3.05, 3.63) is 40.6 Å². The molecule has 3 aromatic rings. The monoisotopic (exact) mass is 626 g/mol. The van der Waals surface area contributed by atoms with Crippen molar-refractivity contribution >= 4 is 11.0 Å². The van der Waals surface area contributed by atoms with Crippen molar-refractivity contribution in [2.75, 3.05) is 13.2 Å². The highest BCUT2D eigenvalue weighted by molar-refractivity contribution is 5.88. The largest absolute Gasteiger partial charge is 0.508 e. The Kier molecular flexibility index (Phi) is 8.87. The molecular weight excluding hydrogens is 596 g/mol. The zero-order chi connectivity index (χ0) is 32.0. The van der Waals surface area contributed by atoms with Crippen LogP contribution in [0.2, 0.25) is 0 Å². The third-order valence-electron chi connectivity index (χ3n) is 7.31. The molecule has 0 saturated carbocycles. The first-order valence-electron chi connectivity index (χ1n) is 13.2. The summed E-state index contributed by atoms with van der Waals surface area (Å²) in [6.07, 6.45) is -17.5. The van der Waals surface area contributed by atoms with E-state index in [2.05, 4.69) is 0 Å². The van der Waals surface area contributed by atoms with E-state index < -0.39 is 120 Å². The topological polar surface area (TPSA) is 290 Å². The van der Waals surface area contributed by atoms with Gasteiger partial charge in [-0.05, 0) is 18.2 Å². The van der Waals surface area contributed by atoms with Gasteiger partial charge in [0.25, 0.3) is 0 Å². The average molecular weight is 627 g/mol. The molecular formula is C27H30O17. The van der Waals surface area contributed by atoms with Crippen LogP contribution in [-0.4, -0.2) is 131 Å². The van der Waals surface area contributed by atoms with Gasteiger partial charge in [-0.3, -0.25) is 4.79 Å². The Labute approximate surface area is 246 Å². The van der Waals surface area contributed by atoms with Crippen LogP contribution in [0.1, 0.15) is 0 Å². The van der Waals surface area contributed by atoms with E-state index >= 15 is 0 Å². The smallest absolute Gasteiger partial charge is 0.239 e. The lowest BCUT2D eigenvalue weighted by Crippen LogP contribution is -2.60. The molecule has 2 aliphatic rings. The van der Waals surface area contributed by atoms with Crippen LogP contribution in [0, 0.1) is 0 Å². The van der Waals surface area contributed by atoms with Crippen molar-refractivity contribution in [1.29, 1.82) is 0 Å². The van der Waals surface area contributed by atoms with Crippen LogP contribution in [-0.2, 0) is 9.47 Å². The number of aliphatic hydroxyl groups is 8. The third-order valence-corrected chi connectivity index (χ3v) is 7.31. The number of ether oxygens (including phenoxy) is 4. The fourth-order valence-electron chi connectivity index (χ4n) is 4.88. The van der Waals surface area contributed by atoms with E-state index in [1.807, 2.05) is 0 Å². The first kappa shape index (κ1) is 31.7. The average Bonchev–Trinajstić information content (AvgIpc) is 2.99. The summed E-state index contributed by atoms with van der Waals surface area (Å²) in [5.41, 5.74) is -1.51. The predicted molar refractivity (Wildman–Crippen MR) is 142 cm³/mol. The third kappa shape index (κ3) is 5.61. The highest BCUT2D eigenvalue weighted by Gasteiger charge is 2.46. The maximum atomic E-state index is 14.1. The minimum Gasteiger partial charge on any atom is -0.508 e. The molecule has 240 valence electrons. The standard InChI is InChI=1S/C27H30O17/c28-6-14-17(33)20(36)22(38)26(42-14)41-13-5-9(30)4-12-16(13)19(35)25(24(40-12)8-1-2-10(31)11(32)3-8)44-27-23(39)21(37)18(34)15(7-29)43-27/h1-5,14-15,17-18,20-23,26-34,36-39H,6-7H2/t14?,15?,17-,18-,20+,21?,22?,23?,26-,27+/m1/s1. The second-order valence-corrected chi connectivity index (χ2v) is 10.2. The van der Waals surface area contributed by atoms with Gasteiger partial charge in [0.2, 0.25) is 23.8 Å². The van der Waals surface area contributed by atoms with Gasteiger partial charge in [0.15, 0.2) is 17.3 Å². The number of hydrogen-bond acceptors (Lipinski definition) is 17. The Hall–Kier alpha value is -3.75. The molecule has 1 aromatic heterocycles. The lowest BCUT2D eigenvalue weighted by Gasteiger charge is -2.39. The molecule has 3 heterocycles. The Morgan fingerprint density at radius 1 is 0.682 bits per heavy atom. The van der Waals surface area contributed by atoms with E-state index in [4.69, 9.17) is 23.4 Å². The molecule has 2 saturated heterocycles. The van der Waals surface area contributed by atoms with Crippen LogP contribution >= 0.6 is 0 Å². The van der Waals surface area contributed by atoms with Gasteiger partial charge in [0.05, 0.1) is 13.2 Å². The fourth-order valence-corrected chi connectivity index (χ4v) is 4.88. The SMILES string of the molecule is O=c1c(O[C@@H]2OC(CO)[C@@H](O)C(O)C2O)c(-c2ccc(O)c(O)c2)oc2cc(O)cc(O[C@@H]3OC(CO)[C@@H](O)[C@H](O)C3O)c12. The van der Waals surface area contributed by atoms with E-state index in [0.717, 1.165) is 24.3 Å². The molecule has 2 aromatic carbocycles. The molecule has 0 aliphatic carbocycles. The second kappa shape index (κ2) is 12.3. The summed E-state index contributed by atoms with van der Waals surface area (Å²) in [5, 5.41) is 110. The lowest BCUT2D eigenvalue weighted by atomic mass is 9.99. The highest BCUT2D eigenvalue weighted by atomic mass is 16.7. The number of phenolic OH excluding ortho intramolecular Hbond substituents is 3. The van der Waals surface area contributed by atoms with Gasteiger partial charge in [0, 0.05) is 17.7 Å². The molecule has 17 heteroatoms. The van der Waals surface area contributed by atoms with Gasteiger partial charge in [-0.2, -0.15) is 0 Å². The van der Waals surface area contributed by atoms with Crippen LogP contribution < -0.4 is 14.9 Å². The second-order valence-electron chi connectivity index (χ2n) is 10.2. The summed E-state index contributed by atoms with van der Waals surface area (Å²) in [7, 11) is 0.